The number of ether oxygens (including phenoxy) is 1. The zero-order valence-electron chi connectivity index (χ0n) is 19.4. The Morgan fingerprint density at radius 2 is 1.73 bits per heavy atom. The predicted molar refractivity (Wildman–Crippen MR) is 142 cm³/mol. The summed E-state index contributed by atoms with van der Waals surface area (Å²) in [5, 5.41) is 23.2. The van der Waals surface area contributed by atoms with Crippen molar-refractivity contribution in [2.24, 2.45) is 10.2 Å². The van der Waals surface area contributed by atoms with Crippen molar-refractivity contribution in [2.75, 3.05) is 12.4 Å². The second-order valence-corrected chi connectivity index (χ2v) is 10.1. The van der Waals surface area contributed by atoms with E-state index in [2.05, 4.69) is 15.5 Å². The van der Waals surface area contributed by atoms with Gasteiger partial charge in [0.2, 0.25) is 0 Å². The number of rotatable bonds is 6. The summed E-state index contributed by atoms with van der Waals surface area (Å²) in [5.74, 6) is -0.811. The van der Waals surface area contributed by atoms with Gasteiger partial charge in [-0.05, 0) is 48.2 Å². The lowest BCUT2D eigenvalue weighted by Gasteiger charge is -2.14. The molecule has 0 aromatic heterocycles. The Morgan fingerprint density at radius 1 is 1.00 bits per heavy atom. The van der Waals surface area contributed by atoms with Gasteiger partial charge in [-0.15, -0.1) is 5.11 Å². The number of nitrogens with zero attached hydrogens (tertiary/aromatic N) is 2. The van der Waals surface area contributed by atoms with Crippen molar-refractivity contribution in [3.8, 4) is 11.5 Å². The minimum absolute atomic E-state index is 0.00990. The second kappa shape index (κ2) is 10.3. The van der Waals surface area contributed by atoms with E-state index in [4.69, 9.17) is 27.9 Å². The van der Waals surface area contributed by atoms with Crippen molar-refractivity contribution >= 4 is 67.1 Å². The normalized spacial score (nSPS) is 11.7. The Kier molecular flexibility index (Phi) is 7.37. The van der Waals surface area contributed by atoms with Gasteiger partial charge >= 0.3 is 0 Å². The van der Waals surface area contributed by atoms with Crippen LogP contribution in [0.3, 0.4) is 0 Å². The smallest absolute Gasteiger partial charge is 0.296 e. The van der Waals surface area contributed by atoms with Crippen LogP contribution in [0.15, 0.2) is 75.8 Å². The molecule has 9 nitrogen and oxygen atoms in total. The molecular formula is C25H19Cl2N3O6S. The van der Waals surface area contributed by atoms with Crippen LogP contribution in [-0.2, 0) is 10.1 Å². The maximum atomic E-state index is 13.2. The van der Waals surface area contributed by atoms with Gasteiger partial charge in [0.15, 0.2) is 11.5 Å². The number of anilines is 1. The van der Waals surface area contributed by atoms with Crippen LogP contribution in [0.1, 0.15) is 15.9 Å². The van der Waals surface area contributed by atoms with Gasteiger partial charge in [0, 0.05) is 5.39 Å². The SMILES string of the molecule is COc1c(Cl)cccc1NC(=O)c1cc2ccccc2c(N=Nc2cc(Cl)c(S(=O)(=O)O)cc2C)c1O. The van der Waals surface area contributed by atoms with E-state index in [-0.39, 0.29) is 27.7 Å². The summed E-state index contributed by atoms with van der Waals surface area (Å²) in [4.78, 5) is 12.7. The minimum Gasteiger partial charge on any atom is -0.505 e. The number of halogens is 2. The summed E-state index contributed by atoms with van der Waals surface area (Å²) in [6.45, 7) is 1.56. The van der Waals surface area contributed by atoms with E-state index in [1.807, 2.05) is 0 Å². The third-order valence-corrected chi connectivity index (χ3v) is 7.06. The Hall–Kier alpha value is -3.70. The van der Waals surface area contributed by atoms with Gasteiger partial charge in [0.05, 0.1) is 34.1 Å². The van der Waals surface area contributed by atoms with Crippen molar-refractivity contribution in [3.05, 3.63) is 81.8 Å². The second-order valence-electron chi connectivity index (χ2n) is 7.86. The van der Waals surface area contributed by atoms with E-state index in [9.17, 15) is 22.9 Å². The molecule has 37 heavy (non-hydrogen) atoms. The first-order chi connectivity index (χ1) is 17.5. The topological polar surface area (TPSA) is 138 Å². The Labute approximate surface area is 222 Å². The van der Waals surface area contributed by atoms with Gasteiger partial charge in [-0.3, -0.25) is 9.35 Å². The molecule has 0 aliphatic carbocycles. The number of benzene rings is 4. The van der Waals surface area contributed by atoms with E-state index in [0.717, 1.165) is 6.07 Å². The quantitative estimate of drug-likeness (QED) is 0.170. The molecule has 0 aliphatic rings. The van der Waals surface area contributed by atoms with Gasteiger partial charge in [-0.1, -0.05) is 53.5 Å². The molecule has 4 rings (SSSR count). The third-order valence-electron chi connectivity index (χ3n) is 5.45. The number of azo groups is 1. The molecule has 1 amide bonds. The van der Waals surface area contributed by atoms with Crippen molar-refractivity contribution in [1.29, 1.82) is 0 Å². The molecule has 0 bridgehead atoms. The molecule has 4 aromatic carbocycles. The molecule has 0 saturated carbocycles. The first-order valence-corrected chi connectivity index (χ1v) is 12.8. The van der Waals surface area contributed by atoms with Crippen molar-refractivity contribution in [2.45, 2.75) is 11.8 Å². The lowest BCUT2D eigenvalue weighted by Crippen LogP contribution is -2.13. The number of nitrogens with one attached hydrogen (secondary N) is 1. The number of carbonyl (C=O) groups excluding carboxylic acids is 1. The molecule has 0 atom stereocenters. The largest absolute Gasteiger partial charge is 0.505 e. The predicted octanol–water partition coefficient (Wildman–Crippen LogP) is 7.08. The number of phenolic OH excluding ortho intramolecular Hbond substituents is 1. The maximum absolute atomic E-state index is 13.2. The van der Waals surface area contributed by atoms with Gasteiger partial charge in [0.1, 0.15) is 10.6 Å². The number of phenols is 1. The summed E-state index contributed by atoms with van der Waals surface area (Å²) in [5.41, 5.74) is 0.785. The van der Waals surface area contributed by atoms with E-state index in [1.54, 1.807) is 49.4 Å². The molecule has 0 radical (unpaired) electrons. The molecule has 190 valence electrons. The fourth-order valence-corrected chi connectivity index (χ4v) is 4.98. The van der Waals surface area contributed by atoms with Crippen molar-refractivity contribution < 1.29 is 27.6 Å². The standard InChI is InChI=1S/C25H19Cl2N3O6S/c1-13-10-21(37(33,34)35)18(27)12-20(13)29-30-22-15-7-4-3-6-14(15)11-16(23(22)31)25(32)28-19-9-5-8-17(26)24(19)36-2/h3-12,31H,1-2H3,(H,28,32)(H,33,34,35). The first-order valence-electron chi connectivity index (χ1n) is 10.6. The maximum Gasteiger partial charge on any atom is 0.296 e. The molecule has 0 fully saturated rings. The van der Waals surface area contributed by atoms with Crippen LogP contribution in [0.4, 0.5) is 17.1 Å². The van der Waals surface area contributed by atoms with E-state index >= 15 is 0 Å². The van der Waals surface area contributed by atoms with Gasteiger partial charge in [0.25, 0.3) is 16.0 Å². The summed E-state index contributed by atoms with van der Waals surface area (Å²) >= 11 is 12.2. The highest BCUT2D eigenvalue weighted by atomic mass is 35.5. The molecule has 0 aliphatic heterocycles. The van der Waals surface area contributed by atoms with Gasteiger partial charge in [-0.2, -0.15) is 13.5 Å². The van der Waals surface area contributed by atoms with Crippen LogP contribution >= 0.6 is 23.2 Å². The first kappa shape index (κ1) is 26.4. The number of amides is 1. The lowest BCUT2D eigenvalue weighted by atomic mass is 10.0. The van der Waals surface area contributed by atoms with Crippen LogP contribution < -0.4 is 10.1 Å². The van der Waals surface area contributed by atoms with E-state index in [1.165, 1.54) is 19.2 Å². The minimum atomic E-state index is -4.53. The Bertz CT molecular complexity index is 1690. The molecule has 0 saturated heterocycles. The van der Waals surface area contributed by atoms with Crippen LogP contribution in [0.2, 0.25) is 10.0 Å². The van der Waals surface area contributed by atoms with Gasteiger partial charge in [-0.25, -0.2) is 0 Å². The van der Waals surface area contributed by atoms with Crippen LogP contribution in [0, 0.1) is 6.92 Å². The zero-order valence-corrected chi connectivity index (χ0v) is 21.7. The van der Waals surface area contributed by atoms with E-state index in [0.29, 0.717) is 27.0 Å². The number of fused-ring (bicyclic) bond motifs is 1. The third kappa shape index (κ3) is 5.37. The summed E-state index contributed by atoms with van der Waals surface area (Å²) < 4.78 is 37.6. The molecule has 0 heterocycles. The van der Waals surface area contributed by atoms with Crippen molar-refractivity contribution in [1.82, 2.24) is 0 Å². The molecule has 12 heteroatoms. The van der Waals surface area contributed by atoms with Crippen LogP contribution in [-0.4, -0.2) is 31.1 Å². The Morgan fingerprint density at radius 3 is 2.43 bits per heavy atom. The monoisotopic (exact) mass is 559 g/mol. The Balaban J connectivity index is 1.80. The summed E-state index contributed by atoms with van der Waals surface area (Å²) in [6, 6.07) is 15.7. The number of methoxy groups -OCH3 is 1. The summed E-state index contributed by atoms with van der Waals surface area (Å²) in [7, 11) is -3.11. The number of aromatic hydroxyl groups is 1. The van der Waals surface area contributed by atoms with Crippen LogP contribution in [0.5, 0.6) is 11.5 Å². The number of hydrogen-bond acceptors (Lipinski definition) is 7. The zero-order chi connectivity index (χ0) is 26.9. The fraction of sp³-hybridized carbons (Fsp3) is 0.0800. The highest BCUT2D eigenvalue weighted by molar-refractivity contribution is 7.86. The van der Waals surface area contributed by atoms with Crippen LogP contribution in [0.25, 0.3) is 10.8 Å². The lowest BCUT2D eigenvalue weighted by molar-refractivity contribution is 0.102. The highest BCUT2D eigenvalue weighted by Crippen LogP contribution is 2.41. The average Bonchev–Trinajstić information content (AvgIpc) is 2.84. The highest BCUT2D eigenvalue weighted by Gasteiger charge is 2.21. The molecule has 0 unspecified atom stereocenters. The van der Waals surface area contributed by atoms with Crippen molar-refractivity contribution in [3.63, 3.8) is 0 Å². The summed E-state index contributed by atoms with van der Waals surface area (Å²) in [6.07, 6.45) is 0. The number of hydrogen-bond donors (Lipinski definition) is 3. The molecule has 0 spiro atoms. The number of para-hydroxylation sites is 1. The number of carbonyl (C=O) groups is 1. The average molecular weight is 560 g/mol. The fourth-order valence-electron chi connectivity index (χ4n) is 3.65. The van der Waals surface area contributed by atoms with E-state index < -0.39 is 26.7 Å². The molecule has 4 aromatic rings. The number of aryl methyl sites for hydroxylation is 1. The molecular weight excluding hydrogens is 541 g/mol. The molecule has 3 N–H and O–H groups in total. The van der Waals surface area contributed by atoms with Gasteiger partial charge < -0.3 is 15.2 Å².